The SMILES string of the molecule is CC1\C=C/C=C\C=C/C=C\C=C/C=C\C=C/C(OC2O[C@H](C)[C@@H](O)[C@H](N)[C@@H]2O)CC2OC(O)(CC(O)CC(O)CC(O)CCCC(O)CC(O)CC(=O)OC1C(C)CCC(O)CC(=O)c1ccc(N)cc1)CC(O)C2C(=O)O. The highest BCUT2D eigenvalue weighted by Gasteiger charge is 2.51. The molecule has 20 nitrogen and oxygen atoms in total. The number of esters is 1. The molecule has 1 aromatic carbocycles. The number of hydrogen-bond donors (Lipinski definition) is 13. The topological polar surface area (TPSA) is 363 Å². The van der Waals surface area contributed by atoms with E-state index in [1.807, 2.05) is 19.9 Å². The molecule has 0 amide bonds. The predicted molar refractivity (Wildman–Crippen MR) is 290 cm³/mol. The first kappa shape index (κ1) is 65.8. The van der Waals surface area contributed by atoms with Crippen molar-refractivity contribution < 1.29 is 89.5 Å². The molecular formula is C58H86N2O18. The van der Waals surface area contributed by atoms with Crippen molar-refractivity contribution in [2.45, 2.75) is 202 Å². The Bertz CT molecular complexity index is 2200. The van der Waals surface area contributed by atoms with Crippen molar-refractivity contribution in [3.63, 3.8) is 0 Å². The molecule has 0 saturated carbocycles. The molecule has 2 fully saturated rings. The first-order chi connectivity index (χ1) is 36.9. The van der Waals surface area contributed by atoms with Gasteiger partial charge in [-0.05, 0) is 88.5 Å². The number of anilines is 1. The smallest absolute Gasteiger partial charge is 0.311 e. The molecule has 1 aromatic rings. The fourth-order valence-corrected chi connectivity index (χ4v) is 9.95. The predicted octanol–water partition coefficient (Wildman–Crippen LogP) is 3.11. The van der Waals surface area contributed by atoms with Gasteiger partial charge >= 0.3 is 11.9 Å². The Morgan fingerprint density at radius 1 is 0.731 bits per heavy atom. The second-order valence-electron chi connectivity index (χ2n) is 21.2. The molecule has 436 valence electrons. The average Bonchev–Trinajstić information content (AvgIpc) is 3.37. The standard InChI is InChI=1S/C58H86N2O18/c1-35-17-14-12-10-8-6-4-5-7-9-11-13-15-20-46(76-57-54(71)52(60)53(70)37(3)75-57)32-49-51(56(72)73)48(68)34-58(74,78-49)33-45(66)29-43(64)27-40(61)18-16-19-41(62)28-44(65)31-50(69)77-55(35)36(2)21-26-42(63)30-47(67)38-22-24-39(59)25-23-38/h4-15,17,20,22-25,35-37,40-46,48-49,51-55,57,61-66,68,70-71,74H,16,18-19,21,26-34,59-60H2,1-3H3,(H,72,73)/b5-4-,8-6-,9-7-,12-10-,13-11-,17-14-,20-15-/t35?,36?,37-,40?,41?,42?,43?,44?,45?,46?,48?,49?,51?,52+,53-,54+,55?,57?,58?/m1/s1. The van der Waals surface area contributed by atoms with Crippen LogP contribution in [-0.2, 0) is 28.5 Å². The number of aliphatic hydroxyl groups excluding tert-OH is 9. The van der Waals surface area contributed by atoms with Gasteiger partial charge in [-0.1, -0.05) is 98.9 Å². The van der Waals surface area contributed by atoms with Gasteiger partial charge in [0.25, 0.3) is 0 Å². The lowest BCUT2D eigenvalue weighted by atomic mass is 9.82. The van der Waals surface area contributed by atoms with E-state index in [4.69, 9.17) is 30.4 Å². The minimum Gasteiger partial charge on any atom is -0.481 e. The molecule has 0 aromatic heterocycles. The van der Waals surface area contributed by atoms with Gasteiger partial charge in [-0.15, -0.1) is 0 Å². The number of carbonyl (C=O) groups is 3. The number of nitrogen functional groups attached to an aromatic ring is 1. The second kappa shape index (κ2) is 33.1. The Morgan fingerprint density at radius 3 is 1.87 bits per heavy atom. The third-order valence-electron chi connectivity index (χ3n) is 14.3. The molecule has 2 saturated heterocycles. The van der Waals surface area contributed by atoms with E-state index in [-0.39, 0.29) is 75.4 Å². The number of cyclic esters (lactones) is 1. The van der Waals surface area contributed by atoms with Crippen LogP contribution in [0.5, 0.6) is 0 Å². The lowest BCUT2D eigenvalue weighted by Crippen LogP contribution is -2.61. The zero-order valence-corrected chi connectivity index (χ0v) is 44.9. The van der Waals surface area contributed by atoms with Crippen molar-refractivity contribution in [3.8, 4) is 0 Å². The van der Waals surface area contributed by atoms with Crippen LogP contribution in [0.15, 0.2) is 109 Å². The first-order valence-electron chi connectivity index (χ1n) is 27.0. The number of rotatable bonds is 10. The molecule has 2 bridgehead atoms. The van der Waals surface area contributed by atoms with E-state index >= 15 is 0 Å². The zero-order valence-electron chi connectivity index (χ0n) is 44.9. The van der Waals surface area contributed by atoms with Gasteiger partial charge in [0.2, 0.25) is 0 Å². The maximum Gasteiger partial charge on any atom is 0.311 e. The van der Waals surface area contributed by atoms with Crippen LogP contribution < -0.4 is 11.5 Å². The summed E-state index contributed by atoms with van der Waals surface area (Å²) >= 11 is 0. The summed E-state index contributed by atoms with van der Waals surface area (Å²) in [7, 11) is 0. The number of carboxylic acid groups (broad SMARTS) is 1. The highest BCUT2D eigenvalue weighted by molar-refractivity contribution is 5.96. The third kappa shape index (κ3) is 22.8. The van der Waals surface area contributed by atoms with Gasteiger partial charge in [-0.3, -0.25) is 14.4 Å². The number of aliphatic hydroxyl groups is 10. The molecule has 78 heavy (non-hydrogen) atoms. The van der Waals surface area contributed by atoms with Gasteiger partial charge in [-0.2, -0.15) is 0 Å². The zero-order chi connectivity index (χ0) is 57.5. The molecule has 15 unspecified atom stereocenters. The fourth-order valence-electron chi connectivity index (χ4n) is 9.95. The van der Waals surface area contributed by atoms with E-state index in [0.29, 0.717) is 17.7 Å². The number of hydrogen-bond acceptors (Lipinski definition) is 19. The minimum atomic E-state index is -2.29. The molecular weight excluding hydrogens is 1010 g/mol. The average molecular weight is 1100 g/mol. The van der Waals surface area contributed by atoms with Gasteiger partial charge in [-0.25, -0.2) is 0 Å². The molecule has 20 heteroatoms. The van der Waals surface area contributed by atoms with E-state index in [1.165, 1.54) is 13.0 Å². The molecule has 3 aliphatic heterocycles. The number of Topliss-reactive ketones (excluding diaryl/α,β-unsaturated/α-hetero) is 1. The number of carbonyl (C=O) groups excluding carboxylic acids is 2. The summed E-state index contributed by atoms with van der Waals surface area (Å²) in [4.78, 5) is 38.6. The summed E-state index contributed by atoms with van der Waals surface area (Å²) in [6.45, 7) is 5.29. The maximum atomic E-state index is 13.3. The van der Waals surface area contributed by atoms with E-state index in [1.54, 1.807) is 97.2 Å². The minimum absolute atomic E-state index is 0.101. The Labute approximate surface area is 457 Å². The molecule has 4 rings (SSSR count). The highest BCUT2D eigenvalue weighted by Crippen LogP contribution is 2.38. The van der Waals surface area contributed by atoms with E-state index in [0.717, 1.165) is 0 Å². The quantitative estimate of drug-likeness (QED) is 0.0909. The van der Waals surface area contributed by atoms with Gasteiger partial charge in [0.1, 0.15) is 18.1 Å². The summed E-state index contributed by atoms with van der Waals surface area (Å²) in [6, 6.07) is 5.30. The van der Waals surface area contributed by atoms with Gasteiger partial charge in [0.05, 0.1) is 79.6 Å². The maximum absolute atomic E-state index is 13.3. The van der Waals surface area contributed by atoms with Crippen molar-refractivity contribution in [1.82, 2.24) is 0 Å². The van der Waals surface area contributed by atoms with Crippen molar-refractivity contribution in [2.24, 2.45) is 23.5 Å². The number of nitrogens with two attached hydrogens (primary N) is 2. The highest BCUT2D eigenvalue weighted by atomic mass is 16.7. The Hall–Kier alpha value is -4.75. The van der Waals surface area contributed by atoms with Crippen LogP contribution in [0.3, 0.4) is 0 Å². The van der Waals surface area contributed by atoms with Crippen molar-refractivity contribution >= 4 is 23.4 Å². The van der Waals surface area contributed by atoms with Crippen molar-refractivity contribution in [2.75, 3.05) is 5.73 Å². The summed E-state index contributed by atoms with van der Waals surface area (Å²) < 4.78 is 23.8. The van der Waals surface area contributed by atoms with Crippen molar-refractivity contribution in [3.05, 3.63) is 115 Å². The summed E-state index contributed by atoms with van der Waals surface area (Å²) in [5.74, 6) is -6.83. The van der Waals surface area contributed by atoms with E-state index in [2.05, 4.69) is 0 Å². The van der Waals surface area contributed by atoms with Gasteiger partial charge in [0.15, 0.2) is 17.9 Å². The monoisotopic (exact) mass is 1100 g/mol. The number of carboxylic acids is 1. The van der Waals surface area contributed by atoms with Crippen LogP contribution in [0.1, 0.15) is 115 Å². The van der Waals surface area contributed by atoms with E-state index < -0.39 is 135 Å². The number of allylic oxidation sites excluding steroid dienone is 12. The number of ketones is 1. The Balaban J connectivity index is 1.52. The Kier molecular flexibility index (Phi) is 27.9. The van der Waals surface area contributed by atoms with Crippen molar-refractivity contribution in [1.29, 1.82) is 0 Å². The fraction of sp³-hybridized carbons (Fsp3) is 0.603. The largest absolute Gasteiger partial charge is 0.481 e. The first-order valence-corrected chi connectivity index (χ1v) is 27.0. The molecule has 3 heterocycles. The van der Waals surface area contributed by atoms with Crippen LogP contribution in [0.4, 0.5) is 5.69 Å². The number of fused-ring (bicyclic) bond motifs is 2. The lowest BCUT2D eigenvalue weighted by Gasteiger charge is -2.45. The second-order valence-corrected chi connectivity index (χ2v) is 21.2. The van der Waals surface area contributed by atoms with Crippen LogP contribution in [0, 0.1) is 17.8 Å². The van der Waals surface area contributed by atoms with Gasteiger partial charge in [0, 0.05) is 42.9 Å². The van der Waals surface area contributed by atoms with Gasteiger partial charge < -0.3 is 86.6 Å². The van der Waals surface area contributed by atoms with E-state index in [9.17, 15) is 70.6 Å². The normalized spacial score (nSPS) is 38.7. The number of benzene rings is 1. The molecule has 15 N–H and O–H groups in total. The summed E-state index contributed by atoms with van der Waals surface area (Å²) in [5.41, 5.74) is 12.7. The third-order valence-corrected chi connectivity index (χ3v) is 14.3. The molecule has 0 spiro atoms. The summed E-state index contributed by atoms with van der Waals surface area (Å²) in [5, 5.41) is 119. The van der Waals surface area contributed by atoms with Crippen LogP contribution in [0.25, 0.3) is 0 Å². The number of ether oxygens (including phenoxy) is 4. The van der Waals surface area contributed by atoms with Crippen LogP contribution in [0.2, 0.25) is 0 Å². The molecule has 19 atom stereocenters. The lowest BCUT2D eigenvalue weighted by molar-refractivity contribution is -0.308. The number of aliphatic carboxylic acids is 1. The Morgan fingerprint density at radius 2 is 1.28 bits per heavy atom. The molecule has 3 aliphatic rings. The van der Waals surface area contributed by atoms with Crippen LogP contribution >= 0.6 is 0 Å². The summed E-state index contributed by atoms with van der Waals surface area (Å²) in [6.07, 6.45) is 5.92. The van der Waals surface area contributed by atoms with Crippen LogP contribution in [-0.4, -0.2) is 171 Å². The molecule has 0 aliphatic carbocycles. The molecule has 0 radical (unpaired) electrons.